The Morgan fingerprint density at radius 1 is 1.32 bits per heavy atom. The van der Waals surface area contributed by atoms with Gasteiger partial charge in [-0.05, 0) is 39.2 Å². The third kappa shape index (κ3) is 6.02. The Hall–Kier alpha value is -2.48. The summed E-state index contributed by atoms with van der Waals surface area (Å²) in [5.74, 6) is 0. The molecule has 0 saturated carbocycles. The van der Waals surface area contributed by atoms with Crippen molar-refractivity contribution in [3.8, 4) is 0 Å². The zero-order valence-corrected chi connectivity index (χ0v) is 17.0. The first kappa shape index (κ1) is 21.8. The van der Waals surface area contributed by atoms with Crippen molar-refractivity contribution in [3.05, 3.63) is 35.9 Å². The quantitative estimate of drug-likeness (QED) is 0.447. The average Bonchev–Trinajstić information content (AvgIpc) is 2.64. The third-order valence-electron chi connectivity index (χ3n) is 4.18. The highest BCUT2D eigenvalue weighted by molar-refractivity contribution is 6.67. The Morgan fingerprint density at radius 2 is 2.00 bits per heavy atom. The molecule has 28 heavy (non-hydrogen) atoms. The maximum Gasteiger partial charge on any atom is 0.410 e. The smallest absolute Gasteiger partial charge is 0.410 e. The molecule has 1 aromatic rings. The zero-order valence-electron chi connectivity index (χ0n) is 16.3. The SMILES string of the molecule is CC(C)(C)OC(=O)NC1(/C(Cl)=N/O)CCCN(C(=O)OCc2ccccc2)C1. The van der Waals surface area contributed by atoms with Gasteiger partial charge in [0.25, 0.3) is 0 Å². The molecule has 154 valence electrons. The number of carbonyl (C=O) groups excluding carboxylic acids is 2. The summed E-state index contributed by atoms with van der Waals surface area (Å²) in [6.07, 6.45) is -0.338. The summed E-state index contributed by atoms with van der Waals surface area (Å²) in [6, 6.07) is 9.30. The first-order chi connectivity index (χ1) is 13.1. The van der Waals surface area contributed by atoms with Crippen LogP contribution in [0.3, 0.4) is 0 Å². The van der Waals surface area contributed by atoms with Crippen LogP contribution >= 0.6 is 11.6 Å². The standard InChI is InChI=1S/C19H26ClN3O5/c1-18(2,3)28-16(24)21-19(15(20)22-26)10-7-11-23(13-19)17(25)27-12-14-8-5-4-6-9-14/h4-6,8-9,26H,7,10-13H2,1-3H3,(H,21,24)/b22-15-. The lowest BCUT2D eigenvalue weighted by Crippen LogP contribution is -2.63. The number of halogens is 1. The molecule has 1 saturated heterocycles. The van der Waals surface area contributed by atoms with Crippen molar-refractivity contribution in [1.82, 2.24) is 10.2 Å². The predicted molar refractivity (Wildman–Crippen MR) is 105 cm³/mol. The number of hydrogen-bond acceptors (Lipinski definition) is 6. The van der Waals surface area contributed by atoms with E-state index in [4.69, 9.17) is 21.1 Å². The van der Waals surface area contributed by atoms with Gasteiger partial charge in [0.1, 0.15) is 17.7 Å². The largest absolute Gasteiger partial charge is 0.445 e. The van der Waals surface area contributed by atoms with Crippen LogP contribution in [-0.2, 0) is 16.1 Å². The van der Waals surface area contributed by atoms with Crippen LogP contribution in [-0.4, -0.2) is 51.7 Å². The highest BCUT2D eigenvalue weighted by Crippen LogP contribution is 2.26. The van der Waals surface area contributed by atoms with E-state index in [2.05, 4.69) is 10.5 Å². The van der Waals surface area contributed by atoms with Crippen LogP contribution in [0, 0.1) is 0 Å². The number of nitrogens with zero attached hydrogens (tertiary/aromatic N) is 2. The van der Waals surface area contributed by atoms with E-state index in [0.717, 1.165) is 5.56 Å². The van der Waals surface area contributed by atoms with Crippen molar-refractivity contribution in [2.75, 3.05) is 13.1 Å². The van der Waals surface area contributed by atoms with E-state index < -0.39 is 23.3 Å². The van der Waals surface area contributed by atoms with Gasteiger partial charge in [-0.25, -0.2) is 9.59 Å². The zero-order chi connectivity index (χ0) is 20.8. The van der Waals surface area contributed by atoms with Crippen molar-refractivity contribution >= 4 is 29.0 Å². The number of alkyl carbamates (subject to hydrolysis) is 1. The summed E-state index contributed by atoms with van der Waals surface area (Å²) in [7, 11) is 0. The molecular weight excluding hydrogens is 386 g/mol. The Bertz CT molecular complexity index is 720. The molecule has 1 unspecified atom stereocenters. The molecule has 1 fully saturated rings. The molecule has 2 N–H and O–H groups in total. The molecule has 1 heterocycles. The molecule has 0 aromatic heterocycles. The molecule has 1 aliphatic heterocycles. The Labute approximate surface area is 169 Å². The van der Waals surface area contributed by atoms with Gasteiger partial charge in [0.2, 0.25) is 0 Å². The Balaban J connectivity index is 2.08. The summed E-state index contributed by atoms with van der Waals surface area (Å²) in [4.78, 5) is 26.2. The van der Waals surface area contributed by atoms with Crippen molar-refractivity contribution in [2.45, 2.75) is 51.4 Å². The number of piperidine rings is 1. The molecule has 1 aliphatic rings. The molecule has 1 aromatic carbocycles. The Morgan fingerprint density at radius 3 is 2.61 bits per heavy atom. The molecule has 0 radical (unpaired) electrons. The number of benzene rings is 1. The molecular formula is C19H26ClN3O5. The number of ether oxygens (including phenoxy) is 2. The minimum atomic E-state index is -1.25. The van der Waals surface area contributed by atoms with E-state index >= 15 is 0 Å². The first-order valence-corrected chi connectivity index (χ1v) is 9.38. The number of amides is 2. The van der Waals surface area contributed by atoms with Crippen molar-refractivity contribution in [3.63, 3.8) is 0 Å². The van der Waals surface area contributed by atoms with Crippen LogP contribution in [0.1, 0.15) is 39.2 Å². The van der Waals surface area contributed by atoms with Crippen LogP contribution in [0.4, 0.5) is 9.59 Å². The minimum absolute atomic E-state index is 0.00274. The second kappa shape index (κ2) is 9.14. The molecule has 9 heteroatoms. The van der Waals surface area contributed by atoms with Crippen molar-refractivity contribution in [2.24, 2.45) is 5.16 Å². The fourth-order valence-corrected chi connectivity index (χ4v) is 3.14. The maximum absolute atomic E-state index is 12.5. The van der Waals surface area contributed by atoms with E-state index in [-0.39, 0.29) is 18.3 Å². The number of likely N-dealkylation sites (tertiary alicyclic amines) is 1. The van der Waals surface area contributed by atoms with E-state index in [0.29, 0.717) is 19.4 Å². The summed E-state index contributed by atoms with van der Waals surface area (Å²) in [5, 5.41) is 14.7. The maximum atomic E-state index is 12.5. The lowest BCUT2D eigenvalue weighted by atomic mass is 9.90. The minimum Gasteiger partial charge on any atom is -0.445 e. The highest BCUT2D eigenvalue weighted by Gasteiger charge is 2.44. The predicted octanol–water partition coefficient (Wildman–Crippen LogP) is 3.71. The lowest BCUT2D eigenvalue weighted by Gasteiger charge is -2.41. The number of rotatable bonds is 4. The van der Waals surface area contributed by atoms with Crippen LogP contribution in [0.2, 0.25) is 0 Å². The fraction of sp³-hybridized carbons (Fsp3) is 0.526. The van der Waals surface area contributed by atoms with Gasteiger partial charge in [-0.15, -0.1) is 0 Å². The third-order valence-corrected chi connectivity index (χ3v) is 4.62. The number of carbonyl (C=O) groups is 2. The normalized spacial score (nSPS) is 20.4. The fourth-order valence-electron chi connectivity index (χ4n) is 2.94. The van der Waals surface area contributed by atoms with E-state index in [9.17, 15) is 14.8 Å². The average molecular weight is 412 g/mol. The van der Waals surface area contributed by atoms with Gasteiger partial charge in [0, 0.05) is 6.54 Å². The number of nitrogens with one attached hydrogen (secondary N) is 1. The molecule has 0 spiro atoms. The second-order valence-corrected chi connectivity index (χ2v) is 8.02. The number of oxime groups is 1. The summed E-state index contributed by atoms with van der Waals surface area (Å²) < 4.78 is 10.6. The van der Waals surface area contributed by atoms with E-state index in [1.807, 2.05) is 30.3 Å². The second-order valence-electron chi connectivity index (χ2n) is 7.67. The molecule has 8 nitrogen and oxygen atoms in total. The molecule has 1 atom stereocenters. The summed E-state index contributed by atoms with van der Waals surface area (Å²) in [6.45, 7) is 5.76. The summed E-state index contributed by atoms with van der Waals surface area (Å²) in [5.41, 5.74) is -1.10. The van der Waals surface area contributed by atoms with Crippen molar-refractivity contribution in [1.29, 1.82) is 0 Å². The van der Waals surface area contributed by atoms with Gasteiger partial charge in [-0.1, -0.05) is 47.1 Å². The van der Waals surface area contributed by atoms with Crippen LogP contribution in [0.25, 0.3) is 0 Å². The van der Waals surface area contributed by atoms with Crippen LogP contribution in [0.5, 0.6) is 0 Å². The first-order valence-electron chi connectivity index (χ1n) is 9.00. The van der Waals surface area contributed by atoms with Gasteiger partial charge >= 0.3 is 12.2 Å². The van der Waals surface area contributed by atoms with Gasteiger partial charge in [0.15, 0.2) is 5.17 Å². The topological polar surface area (TPSA) is 100 Å². The summed E-state index contributed by atoms with van der Waals surface area (Å²) >= 11 is 6.11. The van der Waals surface area contributed by atoms with Gasteiger partial charge in [-0.3, -0.25) is 0 Å². The highest BCUT2D eigenvalue weighted by atomic mass is 35.5. The Kier molecular flexibility index (Phi) is 7.12. The lowest BCUT2D eigenvalue weighted by molar-refractivity contribution is 0.0405. The van der Waals surface area contributed by atoms with Crippen molar-refractivity contribution < 1.29 is 24.3 Å². The van der Waals surface area contributed by atoms with Crippen LogP contribution in [0.15, 0.2) is 35.5 Å². The van der Waals surface area contributed by atoms with Crippen LogP contribution < -0.4 is 5.32 Å². The molecule has 0 aliphatic carbocycles. The van der Waals surface area contributed by atoms with Gasteiger partial charge in [-0.2, -0.15) is 0 Å². The number of hydrogen-bond donors (Lipinski definition) is 2. The molecule has 2 amide bonds. The van der Waals surface area contributed by atoms with Gasteiger partial charge < -0.3 is 24.9 Å². The van der Waals surface area contributed by atoms with E-state index in [1.165, 1.54) is 4.90 Å². The van der Waals surface area contributed by atoms with Gasteiger partial charge in [0.05, 0.1) is 6.54 Å². The van der Waals surface area contributed by atoms with E-state index in [1.54, 1.807) is 20.8 Å². The monoisotopic (exact) mass is 411 g/mol. The molecule has 2 rings (SSSR count). The molecule has 0 bridgehead atoms.